The molecule has 0 saturated heterocycles. The zero-order valence-electron chi connectivity index (χ0n) is 13.0. The zero-order valence-corrected chi connectivity index (χ0v) is 13.0. The third-order valence-corrected chi connectivity index (χ3v) is 4.26. The van der Waals surface area contributed by atoms with Gasteiger partial charge in [0.05, 0.1) is 0 Å². The fraction of sp³-hybridized carbons (Fsp3) is 0.333. The van der Waals surface area contributed by atoms with Gasteiger partial charge in [0, 0.05) is 42.3 Å². The number of hydrogen-bond donors (Lipinski definition) is 1. The SMILES string of the molecule is Cc1ccccc1NC1=CC(=O)C(Cn2ccnc2C)CC1. The van der Waals surface area contributed by atoms with Crippen molar-refractivity contribution >= 4 is 11.5 Å². The third kappa shape index (κ3) is 3.11. The Kier molecular flexibility index (Phi) is 4.09. The Hall–Kier alpha value is -2.36. The Bertz CT molecular complexity index is 715. The van der Waals surface area contributed by atoms with Gasteiger partial charge in [0.1, 0.15) is 5.82 Å². The van der Waals surface area contributed by atoms with E-state index in [2.05, 4.69) is 27.9 Å². The van der Waals surface area contributed by atoms with Crippen LogP contribution in [0.25, 0.3) is 0 Å². The van der Waals surface area contributed by atoms with Gasteiger partial charge < -0.3 is 9.88 Å². The highest BCUT2D eigenvalue weighted by Crippen LogP contribution is 2.25. The molecular formula is C18H21N3O. The standard InChI is InChI=1S/C18H21N3O/c1-13-5-3-4-6-17(13)20-16-8-7-15(18(22)11-16)12-21-10-9-19-14(21)2/h3-6,9-11,15,20H,7-8,12H2,1-2H3. The lowest BCUT2D eigenvalue weighted by Crippen LogP contribution is -2.24. The van der Waals surface area contributed by atoms with Crippen molar-refractivity contribution in [3.8, 4) is 0 Å². The molecule has 0 aliphatic heterocycles. The number of anilines is 1. The number of aromatic nitrogens is 2. The molecule has 0 saturated carbocycles. The van der Waals surface area contributed by atoms with E-state index in [9.17, 15) is 4.79 Å². The topological polar surface area (TPSA) is 46.9 Å². The van der Waals surface area contributed by atoms with E-state index in [0.717, 1.165) is 36.6 Å². The molecule has 1 atom stereocenters. The van der Waals surface area contributed by atoms with Crippen molar-refractivity contribution in [3.05, 3.63) is 59.8 Å². The molecule has 0 amide bonds. The van der Waals surface area contributed by atoms with Gasteiger partial charge in [0.25, 0.3) is 0 Å². The second-order valence-electron chi connectivity index (χ2n) is 5.87. The van der Waals surface area contributed by atoms with Crippen LogP contribution < -0.4 is 5.32 Å². The highest BCUT2D eigenvalue weighted by molar-refractivity contribution is 5.93. The molecule has 2 aromatic rings. The number of para-hydroxylation sites is 1. The molecule has 0 radical (unpaired) electrons. The van der Waals surface area contributed by atoms with E-state index in [-0.39, 0.29) is 11.7 Å². The molecule has 1 N–H and O–H groups in total. The number of ketones is 1. The van der Waals surface area contributed by atoms with E-state index in [4.69, 9.17) is 0 Å². The number of carbonyl (C=O) groups is 1. The summed E-state index contributed by atoms with van der Waals surface area (Å²) in [5.74, 6) is 1.21. The third-order valence-electron chi connectivity index (χ3n) is 4.26. The van der Waals surface area contributed by atoms with Gasteiger partial charge in [-0.15, -0.1) is 0 Å². The van der Waals surface area contributed by atoms with Crippen molar-refractivity contribution in [2.45, 2.75) is 33.2 Å². The van der Waals surface area contributed by atoms with Crippen LogP contribution in [0.4, 0.5) is 5.69 Å². The quantitative estimate of drug-likeness (QED) is 0.939. The van der Waals surface area contributed by atoms with Crippen LogP contribution in [0.15, 0.2) is 48.4 Å². The summed E-state index contributed by atoms with van der Waals surface area (Å²) >= 11 is 0. The number of nitrogens with one attached hydrogen (secondary N) is 1. The average molecular weight is 295 g/mol. The number of imidazole rings is 1. The maximum atomic E-state index is 12.4. The lowest BCUT2D eigenvalue weighted by molar-refractivity contribution is -0.119. The predicted octanol–water partition coefficient (Wildman–Crippen LogP) is 3.48. The molecule has 114 valence electrons. The van der Waals surface area contributed by atoms with Crippen molar-refractivity contribution in [1.29, 1.82) is 0 Å². The maximum Gasteiger partial charge on any atom is 0.162 e. The summed E-state index contributed by atoms with van der Waals surface area (Å²) in [5.41, 5.74) is 3.27. The smallest absolute Gasteiger partial charge is 0.162 e. The summed E-state index contributed by atoms with van der Waals surface area (Å²) in [6, 6.07) is 8.13. The Morgan fingerprint density at radius 1 is 1.32 bits per heavy atom. The molecule has 1 heterocycles. The van der Waals surface area contributed by atoms with Crippen LogP contribution in [0.1, 0.15) is 24.2 Å². The zero-order chi connectivity index (χ0) is 15.5. The number of aryl methyl sites for hydroxylation is 2. The first-order valence-electron chi connectivity index (χ1n) is 7.68. The molecule has 3 rings (SSSR count). The van der Waals surface area contributed by atoms with Crippen LogP contribution >= 0.6 is 0 Å². The summed E-state index contributed by atoms with van der Waals surface area (Å²) in [6.45, 7) is 4.76. The Morgan fingerprint density at radius 3 is 2.82 bits per heavy atom. The van der Waals surface area contributed by atoms with E-state index < -0.39 is 0 Å². The number of carbonyl (C=O) groups excluding carboxylic acids is 1. The molecule has 0 bridgehead atoms. The summed E-state index contributed by atoms with van der Waals surface area (Å²) in [7, 11) is 0. The molecule has 1 aromatic carbocycles. The molecule has 1 aliphatic carbocycles. The van der Waals surface area contributed by atoms with E-state index >= 15 is 0 Å². The highest BCUT2D eigenvalue weighted by Gasteiger charge is 2.23. The van der Waals surface area contributed by atoms with Gasteiger partial charge in [-0.25, -0.2) is 4.98 Å². The summed E-state index contributed by atoms with van der Waals surface area (Å²) in [5, 5.41) is 3.39. The second-order valence-corrected chi connectivity index (χ2v) is 5.87. The van der Waals surface area contributed by atoms with Crippen LogP contribution in [0, 0.1) is 19.8 Å². The molecule has 1 unspecified atom stereocenters. The Balaban J connectivity index is 1.68. The highest BCUT2D eigenvalue weighted by atomic mass is 16.1. The number of allylic oxidation sites excluding steroid dienone is 2. The van der Waals surface area contributed by atoms with Gasteiger partial charge in [-0.05, 0) is 38.3 Å². The van der Waals surface area contributed by atoms with E-state index in [1.165, 1.54) is 5.56 Å². The minimum absolute atomic E-state index is 0.0512. The van der Waals surface area contributed by atoms with Gasteiger partial charge in [-0.1, -0.05) is 18.2 Å². The Morgan fingerprint density at radius 2 is 2.14 bits per heavy atom. The molecular weight excluding hydrogens is 274 g/mol. The van der Waals surface area contributed by atoms with Crippen molar-refractivity contribution in [1.82, 2.24) is 9.55 Å². The van der Waals surface area contributed by atoms with Crippen molar-refractivity contribution < 1.29 is 4.79 Å². The summed E-state index contributed by atoms with van der Waals surface area (Å²) < 4.78 is 2.05. The first-order valence-corrected chi connectivity index (χ1v) is 7.68. The maximum absolute atomic E-state index is 12.4. The fourth-order valence-electron chi connectivity index (χ4n) is 2.83. The molecule has 1 aromatic heterocycles. The van der Waals surface area contributed by atoms with Crippen LogP contribution in [-0.2, 0) is 11.3 Å². The van der Waals surface area contributed by atoms with Crippen LogP contribution in [0.2, 0.25) is 0 Å². The van der Waals surface area contributed by atoms with Crippen molar-refractivity contribution in [2.24, 2.45) is 5.92 Å². The average Bonchev–Trinajstić information content (AvgIpc) is 2.90. The number of benzene rings is 1. The van der Waals surface area contributed by atoms with Crippen molar-refractivity contribution in [2.75, 3.05) is 5.32 Å². The molecule has 0 spiro atoms. The lowest BCUT2D eigenvalue weighted by atomic mass is 9.91. The molecule has 1 aliphatic rings. The number of hydrogen-bond acceptors (Lipinski definition) is 3. The summed E-state index contributed by atoms with van der Waals surface area (Å²) in [4.78, 5) is 16.6. The van der Waals surface area contributed by atoms with Gasteiger partial charge in [-0.3, -0.25) is 4.79 Å². The van der Waals surface area contributed by atoms with E-state index in [0.29, 0.717) is 0 Å². The van der Waals surface area contributed by atoms with Gasteiger partial charge in [-0.2, -0.15) is 0 Å². The van der Waals surface area contributed by atoms with Gasteiger partial charge >= 0.3 is 0 Å². The minimum Gasteiger partial charge on any atom is -0.359 e. The van der Waals surface area contributed by atoms with E-state index in [1.54, 1.807) is 12.3 Å². The number of nitrogens with zero attached hydrogens (tertiary/aromatic N) is 2. The molecule has 4 heteroatoms. The van der Waals surface area contributed by atoms with Crippen LogP contribution in [0.5, 0.6) is 0 Å². The normalized spacial score (nSPS) is 18.2. The summed E-state index contributed by atoms with van der Waals surface area (Å²) in [6.07, 6.45) is 7.27. The molecule has 4 nitrogen and oxygen atoms in total. The monoisotopic (exact) mass is 295 g/mol. The predicted molar refractivity (Wildman–Crippen MR) is 87.6 cm³/mol. The van der Waals surface area contributed by atoms with Crippen LogP contribution in [-0.4, -0.2) is 15.3 Å². The first kappa shape index (κ1) is 14.6. The molecule has 0 fully saturated rings. The van der Waals surface area contributed by atoms with E-state index in [1.807, 2.05) is 31.3 Å². The molecule has 22 heavy (non-hydrogen) atoms. The van der Waals surface area contributed by atoms with Crippen LogP contribution in [0.3, 0.4) is 0 Å². The largest absolute Gasteiger partial charge is 0.359 e. The minimum atomic E-state index is 0.0512. The number of rotatable bonds is 4. The second kappa shape index (κ2) is 6.18. The Labute approximate surface area is 130 Å². The van der Waals surface area contributed by atoms with Gasteiger partial charge in [0.15, 0.2) is 5.78 Å². The lowest BCUT2D eigenvalue weighted by Gasteiger charge is -2.23. The van der Waals surface area contributed by atoms with Gasteiger partial charge in [0.2, 0.25) is 0 Å². The first-order chi connectivity index (χ1) is 10.6. The van der Waals surface area contributed by atoms with Crippen molar-refractivity contribution in [3.63, 3.8) is 0 Å². The fourth-order valence-corrected chi connectivity index (χ4v) is 2.83.